The highest BCUT2D eigenvalue weighted by Gasteiger charge is 2.38. The van der Waals surface area contributed by atoms with Crippen molar-refractivity contribution in [2.75, 3.05) is 13.1 Å². The van der Waals surface area contributed by atoms with E-state index in [0.29, 0.717) is 17.3 Å². The van der Waals surface area contributed by atoms with Crippen molar-refractivity contribution in [2.45, 2.75) is 39.5 Å². The average molecular weight is 313 g/mol. The van der Waals surface area contributed by atoms with Gasteiger partial charge in [0.15, 0.2) is 0 Å². The number of likely N-dealkylation sites (tertiary alicyclic amines) is 1. The third-order valence-electron chi connectivity index (χ3n) is 4.99. The molecule has 1 aromatic carbocycles. The summed E-state index contributed by atoms with van der Waals surface area (Å²) in [4.78, 5) is 14.6. The monoisotopic (exact) mass is 313 g/mol. The predicted molar refractivity (Wildman–Crippen MR) is 86.9 cm³/mol. The van der Waals surface area contributed by atoms with Gasteiger partial charge in [-0.15, -0.1) is 0 Å². The lowest BCUT2D eigenvalue weighted by atomic mass is 9.70. The van der Waals surface area contributed by atoms with Crippen LogP contribution in [0.1, 0.15) is 43.1 Å². The Hall–Kier alpha value is -2.17. The summed E-state index contributed by atoms with van der Waals surface area (Å²) >= 11 is 0. The molecule has 122 valence electrons. The number of aryl methyl sites for hydroxylation is 1. The molecule has 1 saturated heterocycles. The number of nitrogens with zero attached hydrogens (tertiary/aromatic N) is 3. The normalized spacial score (nSPS) is 20.5. The second-order valence-corrected chi connectivity index (χ2v) is 7.01. The van der Waals surface area contributed by atoms with Crippen LogP contribution < -0.4 is 0 Å². The van der Waals surface area contributed by atoms with Crippen molar-refractivity contribution in [1.82, 2.24) is 15.2 Å². The number of carbonyl (C=O) groups excluding carboxylic acids is 1. The summed E-state index contributed by atoms with van der Waals surface area (Å²) in [6, 6.07) is 10.5. The van der Waals surface area contributed by atoms with Crippen molar-refractivity contribution in [3.8, 4) is 0 Å². The fourth-order valence-corrected chi connectivity index (χ4v) is 3.29. The van der Waals surface area contributed by atoms with Gasteiger partial charge in [0.2, 0.25) is 5.91 Å². The van der Waals surface area contributed by atoms with E-state index in [9.17, 15) is 4.79 Å². The molecule has 3 rings (SSSR count). The second kappa shape index (κ2) is 6.14. The lowest BCUT2D eigenvalue weighted by molar-refractivity contribution is -0.133. The van der Waals surface area contributed by atoms with Gasteiger partial charge < -0.3 is 4.90 Å². The minimum atomic E-state index is 0.0974. The van der Waals surface area contributed by atoms with E-state index in [-0.39, 0.29) is 17.7 Å². The van der Waals surface area contributed by atoms with Crippen LogP contribution in [0, 0.1) is 12.3 Å². The van der Waals surface area contributed by atoms with E-state index in [1.807, 2.05) is 17.9 Å². The number of amides is 1. The Bertz CT molecular complexity index is 679. The quantitative estimate of drug-likeness (QED) is 0.874. The van der Waals surface area contributed by atoms with Gasteiger partial charge in [0.05, 0.1) is 6.42 Å². The summed E-state index contributed by atoms with van der Waals surface area (Å²) in [5.74, 6) is 0.443. The van der Waals surface area contributed by atoms with Crippen LogP contribution in [-0.4, -0.2) is 34.2 Å². The molecule has 0 radical (unpaired) electrons. The number of rotatable bonds is 3. The van der Waals surface area contributed by atoms with E-state index >= 15 is 0 Å². The van der Waals surface area contributed by atoms with Gasteiger partial charge in [-0.05, 0) is 24.3 Å². The standard InChI is InChI=1S/C18H23N3O2/c1-13-16(20-23-19-13)11-17(22)21-10-9-18(2,3)15(12-21)14-7-5-4-6-8-14/h4-8,15H,9-12H2,1-3H3. The molecule has 1 fully saturated rings. The van der Waals surface area contributed by atoms with Crippen LogP contribution in [0.2, 0.25) is 0 Å². The van der Waals surface area contributed by atoms with Gasteiger partial charge in [-0.2, -0.15) is 0 Å². The van der Waals surface area contributed by atoms with Crippen molar-refractivity contribution in [1.29, 1.82) is 0 Å². The highest BCUT2D eigenvalue weighted by atomic mass is 16.6. The SMILES string of the molecule is Cc1nonc1CC(=O)N1CCC(C)(C)C(c2ccccc2)C1. The summed E-state index contributed by atoms with van der Waals surface area (Å²) in [7, 11) is 0. The Morgan fingerprint density at radius 1 is 1.30 bits per heavy atom. The van der Waals surface area contributed by atoms with Gasteiger partial charge in [-0.25, -0.2) is 4.63 Å². The van der Waals surface area contributed by atoms with Gasteiger partial charge in [0, 0.05) is 19.0 Å². The molecule has 2 aromatic rings. The molecule has 0 aliphatic carbocycles. The Kier molecular flexibility index (Phi) is 4.20. The molecule has 1 aliphatic rings. The van der Waals surface area contributed by atoms with Crippen molar-refractivity contribution in [3.05, 3.63) is 47.3 Å². The van der Waals surface area contributed by atoms with Crippen LogP contribution in [0.15, 0.2) is 35.0 Å². The van der Waals surface area contributed by atoms with Gasteiger partial charge in [-0.1, -0.05) is 54.5 Å². The predicted octanol–water partition coefficient (Wildman–Crippen LogP) is 2.96. The molecule has 1 atom stereocenters. The molecule has 0 N–H and O–H groups in total. The maximum atomic E-state index is 12.6. The summed E-state index contributed by atoms with van der Waals surface area (Å²) in [6.45, 7) is 7.93. The van der Waals surface area contributed by atoms with E-state index in [1.54, 1.807) is 0 Å². The minimum absolute atomic E-state index is 0.0974. The summed E-state index contributed by atoms with van der Waals surface area (Å²) in [5, 5.41) is 7.57. The topological polar surface area (TPSA) is 59.2 Å². The van der Waals surface area contributed by atoms with Crippen LogP contribution in [0.4, 0.5) is 0 Å². The van der Waals surface area contributed by atoms with Gasteiger partial charge >= 0.3 is 0 Å². The highest BCUT2D eigenvalue weighted by Crippen LogP contribution is 2.42. The molecule has 1 aliphatic heterocycles. The zero-order valence-electron chi connectivity index (χ0n) is 14.0. The van der Waals surface area contributed by atoms with Crippen LogP contribution in [0.5, 0.6) is 0 Å². The first kappa shape index (κ1) is 15.7. The number of hydrogen-bond acceptors (Lipinski definition) is 4. The molecule has 5 heteroatoms. The van der Waals surface area contributed by atoms with E-state index < -0.39 is 0 Å². The number of carbonyl (C=O) groups is 1. The summed E-state index contributed by atoms with van der Waals surface area (Å²) < 4.78 is 4.69. The fraction of sp³-hybridized carbons (Fsp3) is 0.500. The van der Waals surface area contributed by atoms with Gasteiger partial charge in [-0.3, -0.25) is 4.79 Å². The second-order valence-electron chi connectivity index (χ2n) is 7.01. The molecule has 5 nitrogen and oxygen atoms in total. The Labute approximate surface area is 136 Å². The molecular formula is C18H23N3O2. The first-order chi connectivity index (χ1) is 11.0. The molecule has 2 heterocycles. The molecule has 1 aromatic heterocycles. The van der Waals surface area contributed by atoms with Crippen molar-refractivity contribution >= 4 is 5.91 Å². The molecule has 0 bridgehead atoms. The largest absolute Gasteiger partial charge is 0.342 e. The number of hydrogen-bond donors (Lipinski definition) is 0. The number of piperidine rings is 1. The third kappa shape index (κ3) is 3.28. The van der Waals surface area contributed by atoms with E-state index in [0.717, 1.165) is 19.5 Å². The Balaban J connectivity index is 1.75. The van der Waals surface area contributed by atoms with Crippen LogP contribution in [-0.2, 0) is 11.2 Å². The first-order valence-electron chi connectivity index (χ1n) is 8.08. The summed E-state index contributed by atoms with van der Waals surface area (Å²) in [6.07, 6.45) is 1.26. The Morgan fingerprint density at radius 2 is 2.04 bits per heavy atom. The zero-order chi connectivity index (χ0) is 16.4. The van der Waals surface area contributed by atoms with Crippen molar-refractivity contribution in [3.63, 3.8) is 0 Å². The molecule has 1 unspecified atom stereocenters. The maximum absolute atomic E-state index is 12.6. The molecular weight excluding hydrogens is 290 g/mol. The van der Waals surface area contributed by atoms with Crippen LogP contribution in [0.3, 0.4) is 0 Å². The maximum Gasteiger partial charge on any atom is 0.228 e. The lowest BCUT2D eigenvalue weighted by Crippen LogP contribution is -2.46. The summed E-state index contributed by atoms with van der Waals surface area (Å²) in [5.41, 5.74) is 2.81. The van der Waals surface area contributed by atoms with Gasteiger partial charge in [0.1, 0.15) is 11.4 Å². The zero-order valence-corrected chi connectivity index (χ0v) is 14.0. The van der Waals surface area contributed by atoms with Crippen LogP contribution in [0.25, 0.3) is 0 Å². The number of aromatic nitrogens is 2. The molecule has 23 heavy (non-hydrogen) atoms. The van der Waals surface area contributed by atoms with E-state index in [1.165, 1.54) is 5.56 Å². The first-order valence-corrected chi connectivity index (χ1v) is 8.08. The molecule has 1 amide bonds. The molecule has 0 spiro atoms. The smallest absolute Gasteiger partial charge is 0.228 e. The van der Waals surface area contributed by atoms with Crippen molar-refractivity contribution in [2.24, 2.45) is 5.41 Å². The third-order valence-corrected chi connectivity index (χ3v) is 4.99. The van der Waals surface area contributed by atoms with E-state index in [2.05, 4.69) is 53.1 Å². The van der Waals surface area contributed by atoms with Gasteiger partial charge in [0.25, 0.3) is 0 Å². The van der Waals surface area contributed by atoms with Crippen molar-refractivity contribution < 1.29 is 9.42 Å². The Morgan fingerprint density at radius 3 is 2.70 bits per heavy atom. The number of benzene rings is 1. The highest BCUT2D eigenvalue weighted by molar-refractivity contribution is 5.78. The molecule has 0 saturated carbocycles. The lowest BCUT2D eigenvalue weighted by Gasteiger charge is -2.44. The fourth-order valence-electron chi connectivity index (χ4n) is 3.29. The minimum Gasteiger partial charge on any atom is -0.342 e. The van der Waals surface area contributed by atoms with Crippen LogP contribution >= 0.6 is 0 Å². The van der Waals surface area contributed by atoms with E-state index in [4.69, 9.17) is 0 Å². The average Bonchev–Trinajstić information content (AvgIpc) is 2.93.